The molecule has 17 rings (SSSR count). The van der Waals surface area contributed by atoms with E-state index in [1.54, 1.807) is 0 Å². The summed E-state index contributed by atoms with van der Waals surface area (Å²) < 4.78 is 4.55. The van der Waals surface area contributed by atoms with Gasteiger partial charge in [0.2, 0.25) is 0 Å². The Hall–Kier alpha value is -10.4. The van der Waals surface area contributed by atoms with Gasteiger partial charge in [-0.2, -0.15) is 0 Å². The third kappa shape index (κ3) is 7.76. The molecule has 0 bridgehead atoms. The zero-order chi connectivity index (χ0) is 58.5. The lowest BCUT2D eigenvalue weighted by Crippen LogP contribution is -2.15. The number of nitrogens with zero attached hydrogens (tertiary/aromatic N) is 4. The molecule has 0 aliphatic heterocycles. The number of rotatable bonds is 8. The molecule has 10 aromatic carbocycles. The van der Waals surface area contributed by atoms with Crippen molar-refractivity contribution in [2.45, 2.75) is 57.8 Å². The normalized spacial score (nSPS) is 14.7. The van der Waals surface area contributed by atoms with Gasteiger partial charge in [-0.05, 0) is 184 Å². The lowest BCUT2D eigenvalue weighted by Gasteiger charge is -2.22. The maximum Gasteiger partial charge on any atom is 0.137 e. The van der Waals surface area contributed by atoms with Gasteiger partial charge < -0.3 is 0 Å². The van der Waals surface area contributed by atoms with Gasteiger partial charge in [-0.25, -0.2) is 9.97 Å². The fourth-order valence-corrected chi connectivity index (χ4v) is 15.2. The molecule has 4 nitrogen and oxygen atoms in total. The molecular weight excluding hydrogens is 1050 g/mol. The lowest BCUT2D eigenvalue weighted by molar-refractivity contribution is 0.660. The van der Waals surface area contributed by atoms with Crippen molar-refractivity contribution in [3.8, 4) is 67.3 Å². The summed E-state index contributed by atoms with van der Waals surface area (Å²) in [7, 11) is 0. The van der Waals surface area contributed by atoms with Gasteiger partial charge in [0.05, 0.1) is 22.1 Å². The van der Waals surface area contributed by atoms with E-state index in [1.165, 1.54) is 133 Å². The Morgan fingerprint density at radius 3 is 0.897 bits per heavy atom. The second-order valence-corrected chi connectivity index (χ2v) is 25.8. The van der Waals surface area contributed by atoms with Gasteiger partial charge in [-0.1, -0.05) is 224 Å². The average molecular weight is 1120 g/mol. The van der Waals surface area contributed by atoms with Crippen molar-refractivity contribution in [1.82, 2.24) is 19.1 Å². The molecule has 3 aliphatic carbocycles. The van der Waals surface area contributed by atoms with Gasteiger partial charge in [0.15, 0.2) is 0 Å². The van der Waals surface area contributed by atoms with E-state index in [4.69, 9.17) is 9.97 Å². The summed E-state index contributed by atoms with van der Waals surface area (Å²) in [5.41, 5.74) is 30.1. The summed E-state index contributed by atoms with van der Waals surface area (Å²) in [6, 6.07) is 85.7. The molecule has 0 radical (unpaired) electrons. The number of aromatic nitrogens is 4. The summed E-state index contributed by atoms with van der Waals surface area (Å²) in [6.07, 6.45) is 12.9. The van der Waals surface area contributed by atoms with Crippen LogP contribution in [0, 0.1) is 0 Å². The van der Waals surface area contributed by atoms with Crippen molar-refractivity contribution in [1.29, 1.82) is 0 Å². The summed E-state index contributed by atoms with van der Waals surface area (Å²) in [4.78, 5) is 9.47. The molecular formula is C83H62N4. The number of hydrogen-bond acceptors (Lipinski definition) is 2. The molecule has 0 unspecified atom stereocenters. The largest absolute Gasteiger partial charge is 0.294 e. The van der Waals surface area contributed by atoms with Crippen molar-refractivity contribution >= 4 is 67.9 Å². The van der Waals surface area contributed by atoms with Crippen LogP contribution in [-0.4, -0.2) is 19.1 Å². The van der Waals surface area contributed by atoms with E-state index in [1.807, 2.05) is 24.5 Å². The fourth-order valence-electron chi connectivity index (χ4n) is 15.2. The molecule has 87 heavy (non-hydrogen) atoms. The Morgan fingerprint density at radius 1 is 0.264 bits per heavy atom. The summed E-state index contributed by atoms with van der Waals surface area (Å²) in [5, 5.41) is 4.92. The molecule has 0 spiro atoms. The molecule has 0 atom stereocenters. The zero-order valence-corrected chi connectivity index (χ0v) is 49.7. The van der Waals surface area contributed by atoms with Gasteiger partial charge in [-0.3, -0.25) is 9.13 Å². The van der Waals surface area contributed by atoms with E-state index in [9.17, 15) is 0 Å². The van der Waals surface area contributed by atoms with E-state index in [0.717, 1.165) is 33.7 Å². The predicted molar refractivity (Wildman–Crippen MR) is 365 cm³/mol. The second kappa shape index (κ2) is 18.8. The number of pyridine rings is 2. The van der Waals surface area contributed by atoms with Gasteiger partial charge in [-0.15, -0.1) is 0 Å². The minimum atomic E-state index is -0.164. The Kier molecular flexibility index (Phi) is 11.0. The molecule has 14 aromatic rings. The van der Waals surface area contributed by atoms with Crippen LogP contribution in [0.3, 0.4) is 0 Å². The van der Waals surface area contributed by atoms with Gasteiger partial charge in [0, 0.05) is 50.2 Å². The highest BCUT2D eigenvalue weighted by Crippen LogP contribution is 2.53. The third-order valence-electron chi connectivity index (χ3n) is 19.8. The van der Waals surface area contributed by atoms with Crippen molar-refractivity contribution in [3.05, 3.63) is 299 Å². The van der Waals surface area contributed by atoms with Gasteiger partial charge in [0.1, 0.15) is 11.6 Å². The lowest BCUT2D eigenvalue weighted by atomic mass is 9.81. The Morgan fingerprint density at radius 2 is 0.552 bits per heavy atom. The number of hydrogen-bond donors (Lipinski definition) is 0. The first-order valence-corrected chi connectivity index (χ1v) is 30.5. The van der Waals surface area contributed by atoms with Crippen LogP contribution in [0.25, 0.3) is 135 Å². The van der Waals surface area contributed by atoms with Crippen molar-refractivity contribution in [3.63, 3.8) is 0 Å². The standard InChI is InChI=1S/C83H62N4/c1-81(2)69-43-51(21-23-53-27-35-61-63-37-29-57(49-73(63)82(3,4)71(61)45-53)55-31-39-77-67(47-55)65-15-7-9-17-75(65)86(77)79-19-11-13-41-84-79)25-33-59(69)60-34-26-52(44-70(60)81)22-24-54-28-36-62-64-38-30-58(50-74(64)83(5,6)72(62)46-54)56-32-40-78-68(48-56)66-16-8-10-18-76(66)87(78)80-20-12-14-42-85-80/h7-50H,1-6H3. The molecule has 0 saturated carbocycles. The fraction of sp³-hybridized carbons (Fsp3) is 0.108. The number of fused-ring (bicyclic) bond motifs is 15. The molecule has 4 heterocycles. The molecule has 0 N–H and O–H groups in total. The first-order valence-electron chi connectivity index (χ1n) is 30.5. The quantitative estimate of drug-likeness (QED) is 0.142. The molecule has 414 valence electrons. The van der Waals surface area contributed by atoms with E-state index in [-0.39, 0.29) is 16.2 Å². The van der Waals surface area contributed by atoms with Crippen LogP contribution in [-0.2, 0) is 16.2 Å². The highest BCUT2D eigenvalue weighted by Gasteiger charge is 2.38. The molecule has 0 fully saturated rings. The van der Waals surface area contributed by atoms with Crippen LogP contribution in [0.2, 0.25) is 0 Å². The van der Waals surface area contributed by atoms with Gasteiger partial charge in [0.25, 0.3) is 0 Å². The van der Waals surface area contributed by atoms with Crippen LogP contribution in [0.4, 0.5) is 0 Å². The number of para-hydroxylation sites is 2. The monoisotopic (exact) mass is 1110 g/mol. The highest BCUT2D eigenvalue weighted by atomic mass is 15.1. The first kappa shape index (κ1) is 51.0. The van der Waals surface area contributed by atoms with Crippen LogP contribution >= 0.6 is 0 Å². The van der Waals surface area contributed by atoms with Gasteiger partial charge >= 0.3 is 0 Å². The molecule has 0 saturated heterocycles. The van der Waals surface area contributed by atoms with Crippen LogP contribution in [0.15, 0.2) is 243 Å². The Bertz CT molecular complexity index is 4960. The minimum Gasteiger partial charge on any atom is -0.294 e. The van der Waals surface area contributed by atoms with Crippen LogP contribution in [0.1, 0.15) is 97.2 Å². The van der Waals surface area contributed by atoms with Crippen molar-refractivity contribution in [2.24, 2.45) is 0 Å². The SMILES string of the molecule is CC1(C)c2cc(C=Cc3ccc4c(c3)C(C)(C)c3cc(-c5ccc6c(c5)c5ccccc5n6-c5ccccn5)ccc3-4)ccc2-c2ccc(C=Cc3ccc4c(c3)C(C)(C)c3cc(-c5ccc6c(c5)c5ccccc5n6-c5ccccn5)ccc3-4)cc21. The second-order valence-electron chi connectivity index (χ2n) is 25.8. The van der Waals surface area contributed by atoms with Crippen molar-refractivity contribution < 1.29 is 0 Å². The first-order chi connectivity index (χ1) is 42.4. The molecule has 4 heteroatoms. The highest BCUT2D eigenvalue weighted by molar-refractivity contribution is 6.12. The van der Waals surface area contributed by atoms with Crippen LogP contribution < -0.4 is 0 Å². The van der Waals surface area contributed by atoms with E-state index in [2.05, 4.69) is 293 Å². The predicted octanol–water partition coefficient (Wildman–Crippen LogP) is 21.3. The maximum absolute atomic E-state index is 4.73. The van der Waals surface area contributed by atoms with E-state index < -0.39 is 0 Å². The summed E-state index contributed by atoms with van der Waals surface area (Å²) >= 11 is 0. The minimum absolute atomic E-state index is 0.155. The molecule has 4 aromatic heterocycles. The average Bonchev–Trinajstić information content (AvgIpc) is 1.68. The van der Waals surface area contributed by atoms with Crippen LogP contribution in [0.5, 0.6) is 0 Å². The number of benzene rings is 10. The smallest absolute Gasteiger partial charge is 0.137 e. The topological polar surface area (TPSA) is 35.6 Å². The summed E-state index contributed by atoms with van der Waals surface area (Å²) in [5.74, 6) is 1.86. The van der Waals surface area contributed by atoms with Crippen molar-refractivity contribution in [2.75, 3.05) is 0 Å². The zero-order valence-electron chi connectivity index (χ0n) is 49.7. The molecule has 3 aliphatic rings. The molecule has 0 amide bonds. The van der Waals surface area contributed by atoms with E-state index >= 15 is 0 Å². The summed E-state index contributed by atoms with van der Waals surface area (Å²) in [6.45, 7) is 14.3. The Labute approximate surface area is 507 Å². The Balaban J connectivity index is 0.603. The maximum atomic E-state index is 4.73. The third-order valence-corrected chi connectivity index (χ3v) is 19.8. The van der Waals surface area contributed by atoms with E-state index in [0.29, 0.717) is 0 Å².